The van der Waals surface area contributed by atoms with Gasteiger partial charge >= 0.3 is 0 Å². The van der Waals surface area contributed by atoms with Gasteiger partial charge in [-0.25, -0.2) is 5.43 Å². The van der Waals surface area contributed by atoms with Gasteiger partial charge in [0.05, 0.1) is 12.8 Å². The number of ether oxygens (including phenoxy) is 1. The van der Waals surface area contributed by atoms with Gasteiger partial charge in [-0.1, -0.05) is 37.3 Å². The van der Waals surface area contributed by atoms with Crippen molar-refractivity contribution in [3.63, 3.8) is 0 Å². The number of carbonyl (C=O) groups excluding carboxylic acids is 1. The van der Waals surface area contributed by atoms with Gasteiger partial charge in [0.15, 0.2) is 0 Å². The van der Waals surface area contributed by atoms with Crippen LogP contribution in [0.5, 0.6) is 11.5 Å². The molecule has 0 aliphatic carbocycles. The standard InChI is InChI=1S/C21H20N2O3/c1-2-13-26-17-10-7-16(8-11-17)21(25)23-22-14-19-18-6-4-3-5-15(18)9-12-20(19)24/h3-12,14,24H,2,13H2,1H3,(H,23,25)/b22-14-. The quantitative estimate of drug-likeness (QED) is 0.520. The number of carbonyl (C=O) groups is 1. The number of phenols is 1. The Balaban J connectivity index is 1.71. The molecule has 0 spiro atoms. The predicted octanol–water partition coefficient (Wildman–Crippen LogP) is 4.10. The molecule has 132 valence electrons. The van der Waals surface area contributed by atoms with E-state index in [1.807, 2.05) is 37.3 Å². The lowest BCUT2D eigenvalue weighted by molar-refractivity contribution is 0.0955. The molecule has 26 heavy (non-hydrogen) atoms. The van der Waals surface area contributed by atoms with Crippen molar-refractivity contribution in [2.24, 2.45) is 5.10 Å². The smallest absolute Gasteiger partial charge is 0.271 e. The van der Waals surface area contributed by atoms with Crippen molar-refractivity contribution < 1.29 is 14.6 Å². The second kappa shape index (κ2) is 8.16. The third-order valence-corrected chi connectivity index (χ3v) is 3.90. The molecule has 0 saturated heterocycles. The average Bonchev–Trinajstić information content (AvgIpc) is 2.68. The van der Waals surface area contributed by atoms with Gasteiger partial charge in [0, 0.05) is 11.1 Å². The van der Waals surface area contributed by atoms with E-state index in [0.29, 0.717) is 17.7 Å². The van der Waals surface area contributed by atoms with Crippen molar-refractivity contribution in [3.8, 4) is 11.5 Å². The number of hydrogen-bond donors (Lipinski definition) is 2. The molecule has 3 aromatic rings. The van der Waals surface area contributed by atoms with Gasteiger partial charge in [0.1, 0.15) is 11.5 Å². The first-order valence-corrected chi connectivity index (χ1v) is 8.46. The highest BCUT2D eigenvalue weighted by Gasteiger charge is 2.06. The minimum absolute atomic E-state index is 0.110. The third-order valence-electron chi connectivity index (χ3n) is 3.90. The maximum atomic E-state index is 12.2. The molecule has 0 aliphatic heterocycles. The average molecular weight is 348 g/mol. The Bertz CT molecular complexity index is 934. The van der Waals surface area contributed by atoms with Gasteiger partial charge in [-0.3, -0.25) is 4.79 Å². The maximum Gasteiger partial charge on any atom is 0.271 e. The number of phenolic OH excluding ortho intramolecular Hbond substituents is 1. The predicted molar refractivity (Wildman–Crippen MR) is 103 cm³/mol. The summed E-state index contributed by atoms with van der Waals surface area (Å²) in [6, 6.07) is 18.0. The van der Waals surface area contributed by atoms with Crippen molar-refractivity contribution in [1.29, 1.82) is 0 Å². The molecule has 3 aromatic carbocycles. The van der Waals surface area contributed by atoms with Crippen LogP contribution in [0.4, 0.5) is 0 Å². The van der Waals surface area contributed by atoms with Crippen LogP contribution in [0.3, 0.4) is 0 Å². The summed E-state index contributed by atoms with van der Waals surface area (Å²) in [5, 5.41) is 15.9. The number of fused-ring (bicyclic) bond motifs is 1. The molecule has 0 bridgehead atoms. The summed E-state index contributed by atoms with van der Waals surface area (Å²) in [4.78, 5) is 12.2. The first kappa shape index (κ1) is 17.5. The monoisotopic (exact) mass is 348 g/mol. The van der Waals surface area contributed by atoms with E-state index in [0.717, 1.165) is 22.9 Å². The molecule has 2 N–H and O–H groups in total. The lowest BCUT2D eigenvalue weighted by atomic mass is 10.0. The molecule has 1 amide bonds. The van der Waals surface area contributed by atoms with Crippen molar-refractivity contribution >= 4 is 22.9 Å². The minimum atomic E-state index is -0.331. The van der Waals surface area contributed by atoms with Gasteiger partial charge in [-0.15, -0.1) is 0 Å². The number of aromatic hydroxyl groups is 1. The van der Waals surface area contributed by atoms with Gasteiger partial charge < -0.3 is 9.84 Å². The first-order valence-electron chi connectivity index (χ1n) is 8.46. The van der Waals surface area contributed by atoms with E-state index >= 15 is 0 Å². The van der Waals surface area contributed by atoms with E-state index < -0.39 is 0 Å². The molecule has 0 aromatic heterocycles. The summed E-state index contributed by atoms with van der Waals surface area (Å²) >= 11 is 0. The second-order valence-corrected chi connectivity index (χ2v) is 5.79. The number of hydrazone groups is 1. The van der Waals surface area contributed by atoms with Crippen molar-refractivity contribution in [2.75, 3.05) is 6.61 Å². The van der Waals surface area contributed by atoms with Crippen LogP contribution in [0, 0.1) is 0 Å². The molecule has 5 heteroatoms. The Morgan fingerprint density at radius 3 is 2.65 bits per heavy atom. The van der Waals surface area contributed by atoms with Crippen molar-refractivity contribution in [1.82, 2.24) is 5.43 Å². The Morgan fingerprint density at radius 1 is 1.12 bits per heavy atom. The summed E-state index contributed by atoms with van der Waals surface area (Å²) in [7, 11) is 0. The van der Waals surface area contributed by atoms with E-state index in [-0.39, 0.29) is 11.7 Å². The van der Waals surface area contributed by atoms with E-state index in [1.165, 1.54) is 6.21 Å². The van der Waals surface area contributed by atoms with Crippen LogP contribution < -0.4 is 10.2 Å². The normalized spacial score (nSPS) is 11.0. The Morgan fingerprint density at radius 2 is 1.88 bits per heavy atom. The van der Waals surface area contributed by atoms with Crippen LogP contribution in [-0.4, -0.2) is 23.8 Å². The maximum absolute atomic E-state index is 12.2. The topological polar surface area (TPSA) is 70.9 Å². The molecular weight excluding hydrogens is 328 g/mol. The number of amides is 1. The van der Waals surface area contributed by atoms with Crippen molar-refractivity contribution in [3.05, 3.63) is 71.8 Å². The number of nitrogens with zero attached hydrogens (tertiary/aromatic N) is 1. The van der Waals surface area contributed by atoms with Crippen LogP contribution in [0.2, 0.25) is 0 Å². The van der Waals surface area contributed by atoms with Gasteiger partial charge in [0.2, 0.25) is 0 Å². The highest BCUT2D eigenvalue weighted by Crippen LogP contribution is 2.25. The molecule has 0 radical (unpaired) electrons. The Hall–Kier alpha value is -3.34. The molecule has 0 aliphatic rings. The van der Waals surface area contributed by atoms with Crippen LogP contribution in [0.15, 0.2) is 65.8 Å². The molecule has 0 atom stereocenters. The third kappa shape index (κ3) is 4.00. The van der Waals surface area contributed by atoms with Crippen LogP contribution in [0.25, 0.3) is 10.8 Å². The lowest BCUT2D eigenvalue weighted by Gasteiger charge is -2.06. The largest absolute Gasteiger partial charge is 0.507 e. The second-order valence-electron chi connectivity index (χ2n) is 5.79. The summed E-state index contributed by atoms with van der Waals surface area (Å²) < 4.78 is 5.49. The molecular formula is C21H20N2O3. The molecule has 0 heterocycles. The van der Waals surface area contributed by atoms with Gasteiger partial charge in [-0.05, 0) is 47.5 Å². The summed E-state index contributed by atoms with van der Waals surface area (Å²) in [5.74, 6) is 0.509. The highest BCUT2D eigenvalue weighted by molar-refractivity contribution is 6.03. The zero-order valence-corrected chi connectivity index (χ0v) is 14.5. The van der Waals surface area contributed by atoms with Gasteiger partial charge in [-0.2, -0.15) is 5.10 Å². The van der Waals surface area contributed by atoms with Crippen LogP contribution in [-0.2, 0) is 0 Å². The summed E-state index contributed by atoms with van der Waals surface area (Å²) in [6.07, 6.45) is 2.38. The van der Waals surface area contributed by atoms with Crippen LogP contribution in [0.1, 0.15) is 29.3 Å². The number of rotatable bonds is 6. The number of hydrogen-bond acceptors (Lipinski definition) is 4. The van der Waals surface area contributed by atoms with Gasteiger partial charge in [0.25, 0.3) is 5.91 Å². The molecule has 3 rings (SSSR count). The zero-order valence-electron chi connectivity index (χ0n) is 14.5. The number of benzene rings is 3. The number of nitrogens with one attached hydrogen (secondary N) is 1. The van der Waals surface area contributed by atoms with E-state index in [4.69, 9.17) is 4.74 Å². The van der Waals surface area contributed by atoms with E-state index in [1.54, 1.807) is 30.3 Å². The Kier molecular flexibility index (Phi) is 5.49. The molecule has 5 nitrogen and oxygen atoms in total. The summed E-state index contributed by atoms with van der Waals surface area (Å²) in [5.41, 5.74) is 3.52. The highest BCUT2D eigenvalue weighted by atomic mass is 16.5. The van der Waals surface area contributed by atoms with E-state index in [2.05, 4.69) is 10.5 Å². The molecule has 0 saturated carbocycles. The fourth-order valence-electron chi connectivity index (χ4n) is 2.56. The van der Waals surface area contributed by atoms with E-state index in [9.17, 15) is 9.90 Å². The van der Waals surface area contributed by atoms with Crippen molar-refractivity contribution in [2.45, 2.75) is 13.3 Å². The minimum Gasteiger partial charge on any atom is -0.507 e. The lowest BCUT2D eigenvalue weighted by Crippen LogP contribution is -2.17. The SMILES string of the molecule is CCCOc1ccc(C(=O)N/N=C\c2c(O)ccc3ccccc23)cc1. The first-order chi connectivity index (χ1) is 12.7. The van der Waals surface area contributed by atoms with Crippen LogP contribution >= 0.6 is 0 Å². The molecule has 0 unspecified atom stereocenters. The Labute approximate surface area is 151 Å². The fraction of sp³-hybridized carbons (Fsp3) is 0.143. The fourth-order valence-corrected chi connectivity index (χ4v) is 2.56. The summed E-state index contributed by atoms with van der Waals surface area (Å²) in [6.45, 7) is 2.68. The zero-order chi connectivity index (χ0) is 18.4. The molecule has 0 fully saturated rings.